The number of nitrogens with two attached hydrogens (primary N) is 1. The largest absolute Gasteiger partial charge is 0.271 e. The average Bonchev–Trinajstić information content (AvgIpc) is 2.38. The Morgan fingerprint density at radius 2 is 1.35 bits per heavy atom. The van der Waals surface area contributed by atoms with Gasteiger partial charge in [0.15, 0.2) is 0 Å². The summed E-state index contributed by atoms with van der Waals surface area (Å²) in [5.41, 5.74) is 11.9. The molecule has 0 saturated heterocycles. The van der Waals surface area contributed by atoms with E-state index in [0.29, 0.717) is 0 Å². The van der Waals surface area contributed by atoms with Crippen LogP contribution in [0.5, 0.6) is 0 Å². The molecule has 1 atom stereocenters. The van der Waals surface area contributed by atoms with E-state index in [0.717, 1.165) is 0 Å². The molecular weight excluding hydrogens is 244 g/mol. The molecule has 2 rings (SSSR count). The zero-order chi connectivity index (χ0) is 14.9. The monoisotopic (exact) mass is 268 g/mol. The van der Waals surface area contributed by atoms with Gasteiger partial charge in [0, 0.05) is 0 Å². The molecule has 0 aliphatic heterocycles. The van der Waals surface area contributed by atoms with Crippen molar-refractivity contribution in [2.24, 2.45) is 5.84 Å². The Labute approximate surface area is 122 Å². The zero-order valence-electron chi connectivity index (χ0n) is 13.0. The minimum absolute atomic E-state index is 0.0369. The molecule has 0 aliphatic rings. The van der Waals surface area contributed by atoms with Crippen LogP contribution < -0.4 is 11.3 Å². The van der Waals surface area contributed by atoms with E-state index in [1.54, 1.807) is 0 Å². The van der Waals surface area contributed by atoms with Crippen LogP contribution in [0.3, 0.4) is 0 Å². The van der Waals surface area contributed by atoms with E-state index < -0.39 is 0 Å². The fraction of sp³-hybridized carbons (Fsp3) is 0.333. The van der Waals surface area contributed by atoms with Gasteiger partial charge in [-0.05, 0) is 68.0 Å². The van der Waals surface area contributed by atoms with E-state index in [9.17, 15) is 0 Å². The predicted molar refractivity (Wildman–Crippen MR) is 85.7 cm³/mol. The second-order valence-corrected chi connectivity index (χ2v) is 5.75. The second kappa shape index (κ2) is 5.78. The van der Waals surface area contributed by atoms with Gasteiger partial charge in [-0.1, -0.05) is 35.9 Å². The number of hydrogen-bond donors (Lipinski definition) is 2. The van der Waals surface area contributed by atoms with Crippen molar-refractivity contribution in [1.29, 1.82) is 0 Å². The Morgan fingerprint density at radius 3 is 1.95 bits per heavy atom. The zero-order valence-corrected chi connectivity index (χ0v) is 13.0. The highest BCUT2D eigenvalue weighted by Crippen LogP contribution is 2.29. The lowest BCUT2D eigenvalue weighted by Crippen LogP contribution is -2.30. The SMILES string of the molecule is Cc1ccc(C(NN)c2cc(C)c(C)cc2C)c(C)c1. The third-order valence-electron chi connectivity index (χ3n) is 4.10. The molecule has 0 aromatic heterocycles. The Hall–Kier alpha value is -1.64. The Morgan fingerprint density at radius 1 is 0.750 bits per heavy atom. The minimum atomic E-state index is 0.0369. The summed E-state index contributed by atoms with van der Waals surface area (Å²) in [5, 5.41) is 0. The maximum Gasteiger partial charge on any atom is 0.0715 e. The van der Waals surface area contributed by atoms with Gasteiger partial charge in [0.05, 0.1) is 6.04 Å². The number of hydrogen-bond acceptors (Lipinski definition) is 2. The lowest BCUT2D eigenvalue weighted by molar-refractivity contribution is 0.630. The van der Waals surface area contributed by atoms with Crippen LogP contribution in [-0.4, -0.2) is 0 Å². The standard InChI is InChI=1S/C18H24N2/c1-11-6-7-16(14(4)8-11)18(20-19)17-10-13(3)12(2)9-15(17)5/h6-10,18,20H,19H2,1-5H3. The maximum absolute atomic E-state index is 5.85. The first-order valence-electron chi connectivity index (χ1n) is 7.05. The van der Waals surface area contributed by atoms with E-state index >= 15 is 0 Å². The van der Waals surface area contributed by atoms with E-state index in [1.165, 1.54) is 38.9 Å². The van der Waals surface area contributed by atoms with Crippen molar-refractivity contribution in [3.05, 3.63) is 69.3 Å². The van der Waals surface area contributed by atoms with Crippen LogP contribution >= 0.6 is 0 Å². The summed E-state index contributed by atoms with van der Waals surface area (Å²) < 4.78 is 0. The summed E-state index contributed by atoms with van der Waals surface area (Å²) in [4.78, 5) is 0. The molecule has 106 valence electrons. The van der Waals surface area contributed by atoms with Crippen molar-refractivity contribution in [1.82, 2.24) is 5.43 Å². The molecule has 0 spiro atoms. The van der Waals surface area contributed by atoms with Crippen LogP contribution in [0.4, 0.5) is 0 Å². The normalized spacial score (nSPS) is 12.5. The summed E-state index contributed by atoms with van der Waals surface area (Å²) >= 11 is 0. The van der Waals surface area contributed by atoms with E-state index in [-0.39, 0.29) is 6.04 Å². The topological polar surface area (TPSA) is 38.0 Å². The summed E-state index contributed by atoms with van der Waals surface area (Å²) in [7, 11) is 0. The van der Waals surface area contributed by atoms with Gasteiger partial charge in [-0.2, -0.15) is 0 Å². The molecule has 0 aliphatic carbocycles. The number of rotatable bonds is 3. The van der Waals surface area contributed by atoms with Gasteiger partial charge in [0.25, 0.3) is 0 Å². The molecule has 2 aromatic rings. The molecule has 20 heavy (non-hydrogen) atoms. The average molecular weight is 268 g/mol. The van der Waals surface area contributed by atoms with Gasteiger partial charge >= 0.3 is 0 Å². The Balaban J connectivity index is 2.55. The third kappa shape index (κ3) is 2.77. The van der Waals surface area contributed by atoms with E-state index in [1.807, 2.05) is 0 Å². The molecule has 0 fully saturated rings. The highest BCUT2D eigenvalue weighted by molar-refractivity contribution is 5.44. The molecule has 0 radical (unpaired) electrons. The van der Waals surface area contributed by atoms with Crippen LogP contribution in [-0.2, 0) is 0 Å². The highest BCUT2D eigenvalue weighted by Gasteiger charge is 2.17. The Kier molecular flexibility index (Phi) is 4.26. The summed E-state index contributed by atoms with van der Waals surface area (Å²) in [5.74, 6) is 5.85. The molecule has 2 heteroatoms. The molecule has 0 heterocycles. The fourth-order valence-electron chi connectivity index (χ4n) is 2.79. The molecule has 0 saturated carbocycles. The molecule has 1 unspecified atom stereocenters. The van der Waals surface area contributed by atoms with Crippen molar-refractivity contribution >= 4 is 0 Å². The molecular formula is C18H24N2. The first-order chi connectivity index (χ1) is 9.43. The van der Waals surface area contributed by atoms with Gasteiger partial charge in [0.1, 0.15) is 0 Å². The summed E-state index contributed by atoms with van der Waals surface area (Å²) in [6, 6.07) is 11.0. The predicted octanol–water partition coefficient (Wildman–Crippen LogP) is 3.78. The third-order valence-corrected chi connectivity index (χ3v) is 4.10. The van der Waals surface area contributed by atoms with Crippen molar-refractivity contribution < 1.29 is 0 Å². The van der Waals surface area contributed by atoms with Crippen LogP contribution in [0.1, 0.15) is 45.0 Å². The Bertz CT molecular complexity index is 630. The van der Waals surface area contributed by atoms with Gasteiger partial charge < -0.3 is 0 Å². The first kappa shape index (κ1) is 14.8. The van der Waals surface area contributed by atoms with E-state index in [2.05, 4.69) is 70.4 Å². The fourth-order valence-corrected chi connectivity index (χ4v) is 2.79. The van der Waals surface area contributed by atoms with Crippen LogP contribution in [0.25, 0.3) is 0 Å². The molecule has 2 aromatic carbocycles. The van der Waals surface area contributed by atoms with E-state index in [4.69, 9.17) is 5.84 Å². The second-order valence-electron chi connectivity index (χ2n) is 5.75. The van der Waals surface area contributed by atoms with Crippen molar-refractivity contribution in [3.63, 3.8) is 0 Å². The smallest absolute Gasteiger partial charge is 0.0715 e. The highest BCUT2D eigenvalue weighted by atomic mass is 15.2. The lowest BCUT2D eigenvalue weighted by Gasteiger charge is -2.22. The summed E-state index contributed by atoms with van der Waals surface area (Å²) in [6.07, 6.45) is 0. The first-order valence-corrected chi connectivity index (χ1v) is 7.05. The van der Waals surface area contributed by atoms with Gasteiger partial charge in [0.2, 0.25) is 0 Å². The number of hydrazine groups is 1. The van der Waals surface area contributed by atoms with Crippen molar-refractivity contribution in [3.8, 4) is 0 Å². The van der Waals surface area contributed by atoms with Crippen LogP contribution in [0.2, 0.25) is 0 Å². The van der Waals surface area contributed by atoms with Crippen LogP contribution in [0, 0.1) is 34.6 Å². The summed E-state index contributed by atoms with van der Waals surface area (Å²) in [6.45, 7) is 10.7. The van der Waals surface area contributed by atoms with Gasteiger partial charge in [-0.15, -0.1) is 0 Å². The minimum Gasteiger partial charge on any atom is -0.271 e. The molecule has 0 amide bonds. The number of aryl methyl sites for hydroxylation is 5. The van der Waals surface area contributed by atoms with Crippen molar-refractivity contribution in [2.75, 3.05) is 0 Å². The van der Waals surface area contributed by atoms with Gasteiger partial charge in [-0.25, -0.2) is 5.43 Å². The molecule has 2 nitrogen and oxygen atoms in total. The lowest BCUT2D eigenvalue weighted by atomic mass is 9.89. The van der Waals surface area contributed by atoms with Gasteiger partial charge in [-0.3, -0.25) is 5.84 Å². The quantitative estimate of drug-likeness (QED) is 0.656. The maximum atomic E-state index is 5.85. The number of nitrogens with one attached hydrogen (secondary N) is 1. The molecule has 0 bridgehead atoms. The molecule has 3 N–H and O–H groups in total. The van der Waals surface area contributed by atoms with Crippen molar-refractivity contribution in [2.45, 2.75) is 40.7 Å². The van der Waals surface area contributed by atoms with Crippen LogP contribution in [0.15, 0.2) is 30.3 Å². The number of benzene rings is 2.